The molecule has 0 saturated heterocycles. The molecule has 1 saturated carbocycles. The van der Waals surface area contributed by atoms with Gasteiger partial charge in [-0.15, -0.1) is 0 Å². The quantitative estimate of drug-likeness (QED) is 0.336. The lowest BCUT2D eigenvalue weighted by molar-refractivity contribution is 0.311. The van der Waals surface area contributed by atoms with Gasteiger partial charge >= 0.3 is 0 Å². The summed E-state index contributed by atoms with van der Waals surface area (Å²) in [6.45, 7) is 27.0. The molecule has 1 aliphatic carbocycles. The van der Waals surface area contributed by atoms with E-state index in [4.69, 9.17) is 4.43 Å². The lowest BCUT2D eigenvalue weighted by atomic mass is 10.0. The molecule has 1 aromatic rings. The molecule has 0 aliphatic heterocycles. The van der Waals surface area contributed by atoms with E-state index >= 15 is 0 Å². The summed E-state index contributed by atoms with van der Waals surface area (Å²) in [7, 11) is -1.18. The third-order valence-corrected chi connectivity index (χ3v) is 5.69. The van der Waals surface area contributed by atoms with Crippen LogP contribution >= 0.6 is 0 Å². The highest BCUT2D eigenvalue weighted by Gasteiger charge is 2.12. The van der Waals surface area contributed by atoms with Crippen LogP contribution in [0.3, 0.4) is 0 Å². The van der Waals surface area contributed by atoms with Gasteiger partial charge in [-0.2, -0.15) is 0 Å². The Morgan fingerprint density at radius 2 is 0.944 bits per heavy atom. The van der Waals surface area contributed by atoms with E-state index in [-0.39, 0.29) is 0 Å². The summed E-state index contributed by atoms with van der Waals surface area (Å²) in [4.78, 5) is 0. The number of benzene rings is 1. The Morgan fingerprint density at radius 3 is 1.14 bits per heavy atom. The second-order valence-corrected chi connectivity index (χ2v) is 16.0. The van der Waals surface area contributed by atoms with E-state index in [1.54, 1.807) is 0 Å². The zero-order valence-corrected chi connectivity index (χ0v) is 28.5. The van der Waals surface area contributed by atoms with Crippen molar-refractivity contribution in [3.8, 4) is 0 Å². The van der Waals surface area contributed by atoms with Gasteiger partial charge in [-0.05, 0) is 44.0 Å². The van der Waals surface area contributed by atoms with Gasteiger partial charge in [-0.1, -0.05) is 170 Å². The maximum absolute atomic E-state index is 5.52. The van der Waals surface area contributed by atoms with Crippen LogP contribution in [0, 0.1) is 5.92 Å². The molecule has 2 heteroatoms. The van der Waals surface area contributed by atoms with Crippen LogP contribution in [0.4, 0.5) is 0 Å². The Labute approximate surface area is 232 Å². The van der Waals surface area contributed by atoms with E-state index in [0.717, 1.165) is 18.9 Å². The van der Waals surface area contributed by atoms with E-state index in [1.807, 2.05) is 0 Å². The summed E-state index contributed by atoms with van der Waals surface area (Å²) < 4.78 is 5.52. The highest BCUT2D eigenvalue weighted by molar-refractivity contribution is 6.69. The van der Waals surface area contributed by atoms with Crippen LogP contribution in [0.15, 0.2) is 30.3 Å². The molecule has 218 valence electrons. The predicted octanol–water partition coefficient (Wildman–Crippen LogP) is 12.9. The van der Waals surface area contributed by atoms with Crippen molar-refractivity contribution in [2.75, 3.05) is 6.61 Å². The lowest BCUT2D eigenvalue weighted by Gasteiger charge is -2.15. The van der Waals surface area contributed by atoms with Crippen molar-refractivity contribution in [1.82, 2.24) is 0 Å². The summed E-state index contributed by atoms with van der Waals surface area (Å²) >= 11 is 0. The Kier molecular flexibility index (Phi) is 43.1. The average molecular weight is 525 g/mol. The van der Waals surface area contributed by atoms with Gasteiger partial charge in [0, 0.05) is 6.61 Å². The molecule has 0 aromatic heterocycles. The number of rotatable bonds is 6. The molecular formula is C34H72OSi. The van der Waals surface area contributed by atoms with Gasteiger partial charge in [-0.3, -0.25) is 0 Å². The molecule has 1 aliphatic rings. The van der Waals surface area contributed by atoms with Gasteiger partial charge < -0.3 is 4.43 Å². The Balaban J connectivity index is -0.000000179. The van der Waals surface area contributed by atoms with Gasteiger partial charge in [-0.25, -0.2) is 0 Å². The molecule has 1 fully saturated rings. The largest absolute Gasteiger partial charge is 0.418 e. The van der Waals surface area contributed by atoms with Crippen LogP contribution in [0.2, 0.25) is 19.6 Å². The zero-order valence-electron chi connectivity index (χ0n) is 27.5. The molecule has 0 bridgehead atoms. The van der Waals surface area contributed by atoms with Crippen molar-refractivity contribution in [1.29, 1.82) is 0 Å². The monoisotopic (exact) mass is 525 g/mol. The van der Waals surface area contributed by atoms with Crippen molar-refractivity contribution in [2.45, 2.75) is 172 Å². The molecule has 0 unspecified atom stereocenters. The first-order valence-electron chi connectivity index (χ1n) is 15.7. The minimum absolute atomic E-state index is 0.833. The van der Waals surface area contributed by atoms with Gasteiger partial charge in [0.25, 0.3) is 0 Å². The number of unbranched alkanes of at least 4 members (excludes halogenated alkanes) is 1. The van der Waals surface area contributed by atoms with Crippen molar-refractivity contribution >= 4 is 8.32 Å². The molecule has 2 rings (SSSR count). The van der Waals surface area contributed by atoms with Gasteiger partial charge in [0.05, 0.1) is 0 Å². The second kappa shape index (κ2) is 36.6. The Bertz CT molecular complexity index is 421. The van der Waals surface area contributed by atoms with Crippen LogP contribution in [-0.2, 0) is 10.8 Å². The predicted molar refractivity (Wildman–Crippen MR) is 174 cm³/mol. The molecule has 1 aromatic carbocycles. The molecular weight excluding hydrogens is 452 g/mol. The Hall–Kier alpha value is -0.603. The minimum Gasteiger partial charge on any atom is -0.418 e. The second-order valence-electron chi connectivity index (χ2n) is 11.5. The third kappa shape index (κ3) is 58.9. The first-order valence-corrected chi connectivity index (χ1v) is 19.1. The molecule has 0 spiro atoms. The van der Waals surface area contributed by atoms with E-state index < -0.39 is 8.32 Å². The van der Waals surface area contributed by atoms with Crippen LogP contribution in [0.25, 0.3) is 0 Å². The smallest absolute Gasteiger partial charge is 0.183 e. The first-order chi connectivity index (χ1) is 17.1. The first kappa shape index (κ1) is 42.5. The average Bonchev–Trinajstić information content (AvgIpc) is 2.79. The van der Waals surface area contributed by atoms with Crippen LogP contribution < -0.4 is 0 Å². The van der Waals surface area contributed by atoms with Gasteiger partial charge in [0.15, 0.2) is 8.32 Å². The van der Waals surface area contributed by atoms with Crippen molar-refractivity contribution in [3.05, 3.63) is 35.9 Å². The SMILES string of the molecule is C1CCCCCCC1.CC(C)C.CCC.CCCC.CCCO[Si](C)(C)C.CCCc1ccccc1. The van der Waals surface area contributed by atoms with E-state index in [9.17, 15) is 0 Å². The van der Waals surface area contributed by atoms with Gasteiger partial charge in [0.2, 0.25) is 0 Å². The highest BCUT2D eigenvalue weighted by atomic mass is 28.4. The Morgan fingerprint density at radius 1 is 0.611 bits per heavy atom. The van der Waals surface area contributed by atoms with Crippen LogP contribution in [0.1, 0.15) is 151 Å². The zero-order chi connectivity index (χ0) is 28.5. The summed E-state index contributed by atoms with van der Waals surface area (Å²) in [6, 6.07) is 10.6. The molecule has 0 heterocycles. The molecule has 0 N–H and O–H groups in total. The molecule has 0 radical (unpaired) electrons. The normalized spacial score (nSPS) is 12.7. The maximum Gasteiger partial charge on any atom is 0.183 e. The minimum atomic E-state index is -1.18. The number of hydrogen-bond acceptors (Lipinski definition) is 1. The number of aryl methyl sites for hydroxylation is 1. The fourth-order valence-electron chi connectivity index (χ4n) is 2.76. The summed E-state index contributed by atoms with van der Waals surface area (Å²) in [6.07, 6.45) is 19.5. The summed E-state index contributed by atoms with van der Waals surface area (Å²) in [5.74, 6) is 0.833. The standard InChI is InChI=1S/C9H12.C8H16.C6H16OSi.2C4H10.C3H8/c1-2-6-9-7-4-3-5-8-9;1-2-4-6-8-7-5-3-1;1-5-6-7-8(2,3)4;1-4(2)3;1-3-4-2;1-3-2/h3-5,7-8H,2,6H2,1H3;1-8H2;5-6H2,1-4H3;4H,1-3H3;3-4H2,1-2H3;3H2,1-2H3. The fraction of sp³-hybridized carbons (Fsp3) is 0.824. The van der Waals surface area contributed by atoms with Gasteiger partial charge in [0.1, 0.15) is 0 Å². The molecule has 0 amide bonds. The van der Waals surface area contributed by atoms with Crippen LogP contribution in [-0.4, -0.2) is 14.9 Å². The van der Waals surface area contributed by atoms with Crippen molar-refractivity contribution < 1.29 is 4.43 Å². The van der Waals surface area contributed by atoms with E-state index in [0.29, 0.717) is 0 Å². The molecule has 36 heavy (non-hydrogen) atoms. The van der Waals surface area contributed by atoms with E-state index in [1.165, 1.54) is 89.0 Å². The summed E-state index contributed by atoms with van der Waals surface area (Å²) in [5, 5.41) is 0. The summed E-state index contributed by atoms with van der Waals surface area (Å²) in [5.41, 5.74) is 1.44. The van der Waals surface area contributed by atoms with Crippen LogP contribution in [0.5, 0.6) is 0 Å². The lowest BCUT2D eigenvalue weighted by Crippen LogP contribution is -2.25. The van der Waals surface area contributed by atoms with E-state index in [2.05, 4.69) is 112 Å². The molecule has 0 atom stereocenters. The fourth-order valence-corrected chi connectivity index (χ4v) is 3.57. The highest BCUT2D eigenvalue weighted by Crippen LogP contribution is 2.15. The molecule has 1 nitrogen and oxygen atoms in total. The van der Waals surface area contributed by atoms with Crippen molar-refractivity contribution in [2.24, 2.45) is 5.92 Å². The maximum atomic E-state index is 5.52. The van der Waals surface area contributed by atoms with Crippen molar-refractivity contribution in [3.63, 3.8) is 0 Å². The third-order valence-electron chi connectivity index (χ3n) is 4.62. The number of hydrogen-bond donors (Lipinski definition) is 0. The topological polar surface area (TPSA) is 9.23 Å².